The van der Waals surface area contributed by atoms with Gasteiger partial charge in [-0.15, -0.1) is 0 Å². The van der Waals surface area contributed by atoms with Crippen molar-refractivity contribution in [1.82, 2.24) is 14.7 Å². The van der Waals surface area contributed by atoms with Crippen molar-refractivity contribution in [1.29, 1.82) is 0 Å². The summed E-state index contributed by atoms with van der Waals surface area (Å²) in [7, 11) is 0. The van der Waals surface area contributed by atoms with E-state index in [1.54, 1.807) is 9.80 Å². The molecule has 2 aliphatic heterocycles. The van der Waals surface area contributed by atoms with E-state index < -0.39 is 47.1 Å². The Labute approximate surface area is 232 Å². The van der Waals surface area contributed by atoms with Gasteiger partial charge in [-0.1, -0.05) is 18.2 Å². The van der Waals surface area contributed by atoms with Gasteiger partial charge in [0.05, 0.1) is 5.92 Å². The van der Waals surface area contributed by atoms with Crippen molar-refractivity contribution in [3.8, 4) is 0 Å². The highest BCUT2D eigenvalue weighted by molar-refractivity contribution is 5.81. The second-order valence-electron chi connectivity index (χ2n) is 12.1. The third kappa shape index (κ3) is 6.02. The van der Waals surface area contributed by atoms with Crippen LogP contribution in [0.2, 0.25) is 0 Å². The van der Waals surface area contributed by atoms with Crippen LogP contribution in [0.4, 0.5) is 17.6 Å². The standard InChI is InChI=1S/C30H37F4N3O3/c1-17-6-7-19(27(34)26(17)33)12-25(29(39)40)35-10-11-37(18(2)14-35)28(38)23-16-36(30(3,4)5)15-22(23)21-9-8-20(31)13-24(21)32/h6-9,13,18,22-23,25H,10-12,14-16H2,1-5H3,(H,39,40)/t18-,22-,23+,25-/m0/s1. The molecule has 40 heavy (non-hydrogen) atoms. The Bertz CT molecular complexity index is 1280. The predicted molar refractivity (Wildman–Crippen MR) is 143 cm³/mol. The van der Waals surface area contributed by atoms with E-state index in [1.807, 2.05) is 27.7 Å². The van der Waals surface area contributed by atoms with Crippen LogP contribution in [-0.4, -0.2) is 82.0 Å². The van der Waals surface area contributed by atoms with Gasteiger partial charge in [0, 0.05) is 62.7 Å². The molecule has 0 aliphatic carbocycles. The molecule has 2 saturated heterocycles. The number of carboxylic acid groups (broad SMARTS) is 1. The minimum absolute atomic E-state index is 0.0148. The smallest absolute Gasteiger partial charge is 0.321 e. The number of nitrogens with zero attached hydrogens (tertiary/aromatic N) is 3. The van der Waals surface area contributed by atoms with Crippen LogP contribution in [0, 0.1) is 36.1 Å². The second-order valence-corrected chi connectivity index (χ2v) is 12.1. The van der Waals surface area contributed by atoms with E-state index in [4.69, 9.17) is 0 Å². The van der Waals surface area contributed by atoms with Crippen molar-refractivity contribution in [3.63, 3.8) is 0 Å². The van der Waals surface area contributed by atoms with Crippen LogP contribution in [-0.2, 0) is 16.0 Å². The first-order chi connectivity index (χ1) is 18.7. The van der Waals surface area contributed by atoms with E-state index in [0.717, 1.165) is 6.07 Å². The molecule has 2 aliphatic rings. The molecule has 0 bridgehead atoms. The Morgan fingerprint density at radius 2 is 1.70 bits per heavy atom. The topological polar surface area (TPSA) is 64.1 Å². The number of halogens is 4. The van der Waals surface area contributed by atoms with Gasteiger partial charge in [-0.05, 0) is 57.4 Å². The number of likely N-dealkylation sites (tertiary alicyclic amines) is 1. The van der Waals surface area contributed by atoms with Crippen LogP contribution in [0.25, 0.3) is 0 Å². The van der Waals surface area contributed by atoms with Gasteiger partial charge in [0.2, 0.25) is 5.91 Å². The number of amides is 1. The highest BCUT2D eigenvalue weighted by Crippen LogP contribution is 2.39. The zero-order valence-electron chi connectivity index (χ0n) is 23.6. The molecule has 0 radical (unpaired) electrons. The molecule has 0 spiro atoms. The summed E-state index contributed by atoms with van der Waals surface area (Å²) < 4.78 is 57.1. The number of carbonyl (C=O) groups is 2. The van der Waals surface area contributed by atoms with Crippen molar-refractivity contribution < 1.29 is 32.3 Å². The number of hydrogen-bond acceptors (Lipinski definition) is 4. The maximum atomic E-state index is 14.9. The first kappa shape index (κ1) is 30.0. The van der Waals surface area contributed by atoms with Crippen LogP contribution in [0.1, 0.15) is 50.3 Å². The normalized spacial score (nSPS) is 23.4. The van der Waals surface area contributed by atoms with Gasteiger partial charge in [-0.3, -0.25) is 19.4 Å². The molecule has 10 heteroatoms. The average Bonchev–Trinajstić information content (AvgIpc) is 3.32. The first-order valence-corrected chi connectivity index (χ1v) is 13.6. The molecule has 1 amide bonds. The third-order valence-corrected chi connectivity index (χ3v) is 8.38. The maximum absolute atomic E-state index is 14.9. The molecule has 2 aromatic carbocycles. The SMILES string of the molecule is Cc1ccc(C[C@@H](C(=O)O)N2CCN(C(=O)[C@@H]3CN(C(C)(C)C)C[C@H]3c3ccc(F)cc3F)[C@@H](C)C2)c(F)c1F. The van der Waals surface area contributed by atoms with Crippen molar-refractivity contribution >= 4 is 11.9 Å². The number of carboxylic acids is 1. The van der Waals surface area contributed by atoms with Gasteiger partial charge in [-0.2, -0.15) is 0 Å². The van der Waals surface area contributed by atoms with Gasteiger partial charge in [0.15, 0.2) is 11.6 Å². The second kappa shape index (κ2) is 11.5. The number of carbonyl (C=O) groups excluding carboxylic acids is 1. The highest BCUT2D eigenvalue weighted by Gasteiger charge is 2.46. The van der Waals surface area contributed by atoms with Crippen LogP contribution >= 0.6 is 0 Å². The van der Waals surface area contributed by atoms with Crippen LogP contribution in [0.5, 0.6) is 0 Å². The Hall–Kier alpha value is -2.98. The van der Waals surface area contributed by atoms with E-state index in [9.17, 15) is 32.3 Å². The molecular formula is C30H37F4N3O3. The quantitative estimate of drug-likeness (QED) is 0.521. The fourth-order valence-electron chi connectivity index (χ4n) is 5.95. The fraction of sp³-hybridized carbons (Fsp3) is 0.533. The van der Waals surface area contributed by atoms with Gasteiger partial charge in [-0.25, -0.2) is 17.6 Å². The van der Waals surface area contributed by atoms with E-state index in [2.05, 4.69) is 4.90 Å². The summed E-state index contributed by atoms with van der Waals surface area (Å²) >= 11 is 0. The molecule has 218 valence electrons. The number of benzene rings is 2. The molecule has 4 atom stereocenters. The first-order valence-electron chi connectivity index (χ1n) is 13.6. The van der Waals surface area contributed by atoms with E-state index in [-0.39, 0.29) is 54.7 Å². The highest BCUT2D eigenvalue weighted by atomic mass is 19.2. The monoisotopic (exact) mass is 563 g/mol. The summed E-state index contributed by atoms with van der Waals surface area (Å²) in [6.45, 7) is 10.9. The average molecular weight is 564 g/mol. The van der Waals surface area contributed by atoms with Crippen LogP contribution < -0.4 is 0 Å². The van der Waals surface area contributed by atoms with Crippen molar-refractivity contribution in [2.24, 2.45) is 5.92 Å². The van der Waals surface area contributed by atoms with Crippen LogP contribution in [0.3, 0.4) is 0 Å². The Morgan fingerprint density at radius 3 is 2.30 bits per heavy atom. The zero-order chi connectivity index (χ0) is 29.5. The summed E-state index contributed by atoms with van der Waals surface area (Å²) in [5, 5.41) is 9.94. The minimum Gasteiger partial charge on any atom is -0.480 e. The lowest BCUT2D eigenvalue weighted by Gasteiger charge is -2.43. The maximum Gasteiger partial charge on any atom is 0.321 e. The predicted octanol–water partition coefficient (Wildman–Crippen LogP) is 4.59. The van der Waals surface area contributed by atoms with E-state index in [1.165, 1.54) is 31.2 Å². The van der Waals surface area contributed by atoms with Crippen molar-refractivity contribution in [3.05, 3.63) is 70.3 Å². The van der Waals surface area contributed by atoms with E-state index >= 15 is 0 Å². The Kier molecular flexibility index (Phi) is 8.61. The number of piperazine rings is 1. The molecule has 0 unspecified atom stereocenters. The van der Waals surface area contributed by atoms with E-state index in [0.29, 0.717) is 18.7 Å². The molecule has 2 fully saturated rings. The summed E-state index contributed by atoms with van der Waals surface area (Å²) in [6.07, 6.45) is -0.214. The molecule has 0 saturated carbocycles. The van der Waals surface area contributed by atoms with Gasteiger partial charge >= 0.3 is 5.97 Å². The lowest BCUT2D eigenvalue weighted by atomic mass is 9.87. The van der Waals surface area contributed by atoms with Gasteiger partial charge in [0.25, 0.3) is 0 Å². The minimum atomic E-state index is -1.16. The molecule has 6 nitrogen and oxygen atoms in total. The molecule has 0 aromatic heterocycles. The fourth-order valence-corrected chi connectivity index (χ4v) is 5.95. The van der Waals surface area contributed by atoms with Crippen molar-refractivity contribution in [2.75, 3.05) is 32.7 Å². The lowest BCUT2D eigenvalue weighted by molar-refractivity contribution is -0.147. The third-order valence-electron chi connectivity index (χ3n) is 8.38. The summed E-state index contributed by atoms with van der Waals surface area (Å²) in [4.78, 5) is 31.6. The Morgan fingerprint density at radius 1 is 1.00 bits per heavy atom. The number of hydrogen-bond donors (Lipinski definition) is 1. The summed E-state index contributed by atoms with van der Waals surface area (Å²) in [6, 6.07) is 4.82. The van der Waals surface area contributed by atoms with Gasteiger partial charge < -0.3 is 10.0 Å². The van der Waals surface area contributed by atoms with Crippen molar-refractivity contribution in [2.45, 2.75) is 64.6 Å². The Balaban J connectivity index is 1.53. The molecular weight excluding hydrogens is 526 g/mol. The number of aryl methyl sites for hydroxylation is 1. The largest absolute Gasteiger partial charge is 0.480 e. The van der Waals surface area contributed by atoms with Gasteiger partial charge in [0.1, 0.15) is 17.7 Å². The van der Waals surface area contributed by atoms with Crippen LogP contribution in [0.15, 0.2) is 30.3 Å². The summed E-state index contributed by atoms with van der Waals surface area (Å²) in [5.41, 5.74) is 0.160. The molecule has 4 rings (SSSR count). The zero-order valence-corrected chi connectivity index (χ0v) is 23.6. The molecule has 1 N–H and O–H groups in total. The molecule has 2 heterocycles. The number of rotatable bonds is 6. The number of aliphatic carboxylic acids is 1. The molecule has 2 aromatic rings. The lowest BCUT2D eigenvalue weighted by Crippen LogP contribution is -2.59. The summed E-state index contributed by atoms with van der Waals surface area (Å²) in [5.74, 6) is -5.74.